The van der Waals surface area contributed by atoms with E-state index in [9.17, 15) is 19.3 Å². The number of aliphatic hydroxyl groups is 1. The van der Waals surface area contributed by atoms with Crippen molar-refractivity contribution in [3.8, 4) is 0 Å². The molecule has 0 saturated heterocycles. The first kappa shape index (κ1) is 53.5. The molecule has 0 aliphatic rings. The first-order valence-electron chi connectivity index (χ1n) is 21.7. The van der Waals surface area contributed by atoms with Crippen LogP contribution in [0.4, 0.5) is 0 Å². The number of ether oxygens (including phenoxy) is 2. The Morgan fingerprint density at radius 1 is 0.625 bits per heavy atom. The molecule has 0 rings (SSSR count). The monoisotopic (exact) mass is 807 g/mol. The van der Waals surface area contributed by atoms with E-state index in [4.69, 9.17) is 19.3 Å². The Labute approximate surface area is 341 Å². The normalized spacial score (nSPS) is 14.3. The van der Waals surface area contributed by atoms with Crippen LogP contribution in [-0.4, -0.2) is 52.3 Å². The van der Waals surface area contributed by atoms with Gasteiger partial charge in [-0.15, -0.1) is 0 Å². The highest BCUT2D eigenvalue weighted by atomic mass is 31.2. The minimum atomic E-state index is -4.79. The van der Waals surface area contributed by atoms with Crippen molar-refractivity contribution in [3.63, 3.8) is 0 Å². The SMILES string of the molecule is CC/C=C\CC(O)/C=C/C=C/C/C=C\C/C=C\C/C=C\CCC(=O)O[C@H](COC(=O)CCCCCCCCCCCCCCCCC(C)CC)COP(=O)(O)O. The summed E-state index contributed by atoms with van der Waals surface area (Å²) in [4.78, 5) is 42.9. The molecule has 0 amide bonds. The van der Waals surface area contributed by atoms with Gasteiger partial charge in [0.2, 0.25) is 0 Å². The zero-order valence-corrected chi connectivity index (χ0v) is 36.2. The van der Waals surface area contributed by atoms with E-state index in [0.29, 0.717) is 19.3 Å². The molecule has 0 spiro atoms. The second kappa shape index (κ2) is 39.3. The van der Waals surface area contributed by atoms with Crippen molar-refractivity contribution < 1.29 is 43.0 Å². The van der Waals surface area contributed by atoms with Crippen molar-refractivity contribution in [3.05, 3.63) is 72.9 Å². The number of carbonyl (C=O) groups is 2. The molecule has 3 N–H and O–H groups in total. The predicted molar refractivity (Wildman–Crippen MR) is 231 cm³/mol. The number of hydrogen-bond acceptors (Lipinski definition) is 7. The van der Waals surface area contributed by atoms with Gasteiger partial charge < -0.3 is 24.4 Å². The summed E-state index contributed by atoms with van der Waals surface area (Å²) in [6.45, 7) is 5.79. The van der Waals surface area contributed by atoms with Gasteiger partial charge >= 0.3 is 19.8 Å². The molecule has 2 unspecified atom stereocenters. The minimum Gasteiger partial charge on any atom is -0.462 e. The van der Waals surface area contributed by atoms with Crippen LogP contribution in [0.15, 0.2) is 72.9 Å². The second-order valence-corrected chi connectivity index (χ2v) is 16.0. The van der Waals surface area contributed by atoms with Crippen molar-refractivity contribution in [1.82, 2.24) is 0 Å². The van der Waals surface area contributed by atoms with Crippen molar-refractivity contribution in [2.24, 2.45) is 5.92 Å². The fraction of sp³-hybridized carbons (Fsp3) is 0.696. The van der Waals surface area contributed by atoms with E-state index >= 15 is 0 Å². The molecule has 56 heavy (non-hydrogen) atoms. The molecule has 0 aromatic carbocycles. The third-order valence-electron chi connectivity index (χ3n) is 9.37. The van der Waals surface area contributed by atoms with Crippen molar-refractivity contribution in [2.45, 2.75) is 187 Å². The first-order valence-corrected chi connectivity index (χ1v) is 23.3. The number of esters is 2. The van der Waals surface area contributed by atoms with E-state index in [1.54, 1.807) is 6.08 Å². The van der Waals surface area contributed by atoms with Gasteiger partial charge in [-0.2, -0.15) is 0 Å². The van der Waals surface area contributed by atoms with Crippen LogP contribution < -0.4 is 0 Å². The van der Waals surface area contributed by atoms with E-state index in [1.165, 1.54) is 77.0 Å². The van der Waals surface area contributed by atoms with Gasteiger partial charge in [0.05, 0.1) is 12.7 Å². The van der Waals surface area contributed by atoms with Gasteiger partial charge in [-0.1, -0.05) is 190 Å². The third-order valence-corrected chi connectivity index (χ3v) is 9.86. The predicted octanol–water partition coefficient (Wildman–Crippen LogP) is 12.3. The zero-order valence-electron chi connectivity index (χ0n) is 35.3. The average molecular weight is 807 g/mol. The molecule has 10 heteroatoms. The molecule has 0 aromatic rings. The topological polar surface area (TPSA) is 140 Å². The maximum Gasteiger partial charge on any atom is 0.469 e. The number of allylic oxidation sites excluding steroid dienone is 10. The maximum absolute atomic E-state index is 12.4. The summed E-state index contributed by atoms with van der Waals surface area (Å²) in [7, 11) is -4.79. The maximum atomic E-state index is 12.4. The smallest absolute Gasteiger partial charge is 0.462 e. The fourth-order valence-corrected chi connectivity index (χ4v) is 6.11. The molecule has 0 heterocycles. The standard InChI is InChI=1S/C46H79O9P/c1-4-6-30-36-43(47)37-32-27-23-19-15-11-9-13-17-21-25-29-34-39-46(49)55-44(41-54-56(50,51)52)40-53-45(48)38-33-28-24-20-16-12-8-7-10-14-18-22-26-31-35-42(3)5-2/h6,11,13,15,17,23,25,27,29-30,32,37,42-44,47H,4-5,7-10,12,14,16,18-22,24,26,28,31,33-36,38-41H2,1-3H3,(H2,50,51,52)/b15-11-,17-13-,27-23+,29-25-,30-6-,37-32+/t42?,43?,44-/m1/s1. The van der Waals surface area contributed by atoms with E-state index in [1.807, 2.05) is 48.6 Å². The van der Waals surface area contributed by atoms with Gasteiger partial charge in [-0.05, 0) is 50.9 Å². The van der Waals surface area contributed by atoms with E-state index in [2.05, 4.69) is 43.5 Å². The number of hydrogen-bond donors (Lipinski definition) is 3. The summed E-state index contributed by atoms with van der Waals surface area (Å²) in [5, 5.41) is 9.82. The van der Waals surface area contributed by atoms with Crippen LogP contribution in [0, 0.1) is 5.92 Å². The van der Waals surface area contributed by atoms with Crippen LogP contribution in [-0.2, 0) is 28.2 Å². The van der Waals surface area contributed by atoms with E-state index in [0.717, 1.165) is 50.9 Å². The molecular weight excluding hydrogens is 727 g/mol. The van der Waals surface area contributed by atoms with Gasteiger partial charge in [-0.25, -0.2) is 4.57 Å². The summed E-state index contributed by atoms with van der Waals surface area (Å²) in [6, 6.07) is 0. The fourth-order valence-electron chi connectivity index (χ4n) is 5.75. The quantitative estimate of drug-likeness (QED) is 0.0183. The van der Waals surface area contributed by atoms with Crippen molar-refractivity contribution in [2.75, 3.05) is 13.2 Å². The molecule has 0 bridgehead atoms. The number of phosphoric ester groups is 1. The van der Waals surface area contributed by atoms with Gasteiger partial charge in [0, 0.05) is 12.8 Å². The minimum absolute atomic E-state index is 0.0691. The lowest BCUT2D eigenvalue weighted by Gasteiger charge is -2.18. The molecule has 9 nitrogen and oxygen atoms in total. The van der Waals surface area contributed by atoms with Crippen LogP contribution in [0.5, 0.6) is 0 Å². The molecule has 0 aliphatic carbocycles. The van der Waals surface area contributed by atoms with Crippen molar-refractivity contribution in [1.29, 1.82) is 0 Å². The lowest BCUT2D eigenvalue weighted by Crippen LogP contribution is -2.29. The Morgan fingerprint density at radius 2 is 1.16 bits per heavy atom. The molecule has 0 aromatic heterocycles. The molecule has 0 saturated carbocycles. The average Bonchev–Trinajstić information content (AvgIpc) is 3.16. The molecule has 0 aliphatic heterocycles. The Bertz CT molecular complexity index is 1170. The van der Waals surface area contributed by atoms with Crippen molar-refractivity contribution >= 4 is 19.8 Å². The summed E-state index contributed by atoms with van der Waals surface area (Å²) >= 11 is 0. The zero-order chi connectivity index (χ0) is 41.4. The Kier molecular flexibility index (Phi) is 37.5. The van der Waals surface area contributed by atoms with E-state index < -0.39 is 38.6 Å². The van der Waals surface area contributed by atoms with Crippen LogP contribution in [0.25, 0.3) is 0 Å². The Hall–Kier alpha value is -2.55. The number of phosphoric acid groups is 1. The van der Waals surface area contributed by atoms with Gasteiger partial charge in [0.1, 0.15) is 6.61 Å². The molecular formula is C46H79O9P. The Morgan fingerprint density at radius 3 is 1.71 bits per heavy atom. The summed E-state index contributed by atoms with van der Waals surface area (Å²) < 4.78 is 26.3. The molecule has 0 fully saturated rings. The van der Waals surface area contributed by atoms with Gasteiger partial charge in [0.25, 0.3) is 0 Å². The number of carbonyl (C=O) groups excluding carboxylic acids is 2. The molecule has 3 atom stereocenters. The molecule has 0 radical (unpaired) electrons. The number of aliphatic hydroxyl groups excluding tert-OH is 1. The number of unbranched alkanes of at least 4 members (excludes halogenated alkanes) is 13. The lowest BCUT2D eigenvalue weighted by atomic mass is 9.99. The largest absolute Gasteiger partial charge is 0.469 e. The second-order valence-electron chi connectivity index (χ2n) is 14.7. The van der Waals surface area contributed by atoms with Crippen LogP contribution in [0.3, 0.4) is 0 Å². The number of rotatable bonds is 38. The highest BCUT2D eigenvalue weighted by Crippen LogP contribution is 2.36. The summed E-state index contributed by atoms with van der Waals surface area (Å²) in [6.07, 6.45) is 46.8. The van der Waals surface area contributed by atoms with Gasteiger partial charge in [-0.3, -0.25) is 14.1 Å². The lowest BCUT2D eigenvalue weighted by molar-refractivity contribution is -0.161. The highest BCUT2D eigenvalue weighted by molar-refractivity contribution is 7.46. The highest BCUT2D eigenvalue weighted by Gasteiger charge is 2.22. The van der Waals surface area contributed by atoms with E-state index in [-0.39, 0.29) is 19.4 Å². The van der Waals surface area contributed by atoms with Crippen LogP contribution in [0.1, 0.15) is 175 Å². The van der Waals surface area contributed by atoms with Crippen LogP contribution in [0.2, 0.25) is 0 Å². The van der Waals surface area contributed by atoms with Crippen LogP contribution >= 0.6 is 7.82 Å². The molecule has 322 valence electrons. The van der Waals surface area contributed by atoms with Gasteiger partial charge in [0.15, 0.2) is 6.10 Å². The summed E-state index contributed by atoms with van der Waals surface area (Å²) in [5.74, 6) is -0.129. The summed E-state index contributed by atoms with van der Waals surface area (Å²) in [5.41, 5.74) is 0. The first-order chi connectivity index (χ1) is 27.1. The third kappa shape index (κ3) is 41.1. The Balaban J connectivity index is 4.07.